The highest BCUT2D eigenvalue weighted by Crippen LogP contribution is 2.02. The van der Waals surface area contributed by atoms with E-state index in [1.807, 2.05) is 6.07 Å². The van der Waals surface area contributed by atoms with E-state index >= 15 is 0 Å². The predicted octanol–water partition coefficient (Wildman–Crippen LogP) is 0.435. The lowest BCUT2D eigenvalue weighted by Crippen LogP contribution is -2.35. The van der Waals surface area contributed by atoms with Crippen LogP contribution in [-0.4, -0.2) is 4.57 Å². The Kier molecular flexibility index (Phi) is 2.08. The van der Waals surface area contributed by atoms with Gasteiger partial charge in [0, 0.05) is 13.0 Å². The quantitative estimate of drug-likeness (QED) is 0.577. The molecule has 2 aromatic heterocycles. The van der Waals surface area contributed by atoms with Gasteiger partial charge in [-0.15, -0.1) is 0 Å². The van der Waals surface area contributed by atoms with E-state index in [2.05, 4.69) is 65.4 Å². The maximum atomic E-state index is 2.17. The standard InChI is InChI=1S/C11H15N3/c1-10-12(2)8-9-14(10)11-6-4-5-7-13(11)3/h4-9H,1-3H3/q+2. The molecule has 0 radical (unpaired) electrons. The van der Waals surface area contributed by atoms with Gasteiger partial charge in [0.05, 0.1) is 20.3 Å². The van der Waals surface area contributed by atoms with Crippen molar-refractivity contribution in [1.29, 1.82) is 0 Å². The summed E-state index contributed by atoms with van der Waals surface area (Å²) >= 11 is 0. The van der Waals surface area contributed by atoms with Crippen LogP contribution in [0.4, 0.5) is 0 Å². The Hall–Kier alpha value is -1.64. The summed E-state index contributed by atoms with van der Waals surface area (Å²) in [5.74, 6) is 2.39. The average Bonchev–Trinajstić information content (AvgIpc) is 2.49. The first-order valence-electron chi connectivity index (χ1n) is 4.69. The first-order chi connectivity index (χ1) is 6.70. The Bertz CT molecular complexity index is 457. The van der Waals surface area contributed by atoms with Crippen molar-refractivity contribution in [2.24, 2.45) is 14.1 Å². The number of aromatic nitrogens is 3. The summed E-state index contributed by atoms with van der Waals surface area (Å²) in [6, 6.07) is 6.18. The average molecular weight is 189 g/mol. The Morgan fingerprint density at radius 2 is 1.86 bits per heavy atom. The number of hydrogen-bond donors (Lipinski definition) is 0. The van der Waals surface area contributed by atoms with Gasteiger partial charge in [-0.2, -0.15) is 4.57 Å². The molecule has 0 N–H and O–H groups in total. The van der Waals surface area contributed by atoms with Crippen LogP contribution in [0.2, 0.25) is 0 Å². The highest BCUT2D eigenvalue weighted by Gasteiger charge is 2.14. The van der Waals surface area contributed by atoms with Crippen LogP contribution in [0.25, 0.3) is 5.82 Å². The highest BCUT2D eigenvalue weighted by molar-refractivity contribution is 5.16. The van der Waals surface area contributed by atoms with Crippen molar-refractivity contribution in [3.05, 3.63) is 42.6 Å². The lowest BCUT2D eigenvalue weighted by atomic mass is 10.4. The third-order valence-electron chi connectivity index (χ3n) is 2.57. The fraction of sp³-hybridized carbons (Fsp3) is 0.273. The van der Waals surface area contributed by atoms with Gasteiger partial charge in [0.15, 0.2) is 0 Å². The van der Waals surface area contributed by atoms with Crippen LogP contribution < -0.4 is 9.13 Å². The monoisotopic (exact) mass is 189 g/mol. The summed E-state index contributed by atoms with van der Waals surface area (Å²) in [6.45, 7) is 2.10. The Morgan fingerprint density at radius 3 is 2.43 bits per heavy atom. The minimum atomic E-state index is 1.17. The van der Waals surface area contributed by atoms with Crippen molar-refractivity contribution in [2.45, 2.75) is 6.92 Å². The van der Waals surface area contributed by atoms with E-state index in [0.717, 1.165) is 0 Å². The summed E-state index contributed by atoms with van der Waals surface area (Å²) in [5, 5.41) is 0. The number of rotatable bonds is 1. The van der Waals surface area contributed by atoms with E-state index in [0.29, 0.717) is 0 Å². The topological polar surface area (TPSA) is 12.7 Å². The molecule has 0 spiro atoms. The molecule has 14 heavy (non-hydrogen) atoms. The van der Waals surface area contributed by atoms with E-state index in [1.54, 1.807) is 0 Å². The second kappa shape index (κ2) is 3.25. The van der Waals surface area contributed by atoms with Crippen LogP contribution in [0.3, 0.4) is 0 Å². The van der Waals surface area contributed by atoms with Crippen molar-refractivity contribution in [3.8, 4) is 5.82 Å². The Balaban J connectivity index is 2.60. The van der Waals surface area contributed by atoms with E-state index in [-0.39, 0.29) is 0 Å². The van der Waals surface area contributed by atoms with Crippen LogP contribution in [0.5, 0.6) is 0 Å². The molecule has 3 heteroatoms. The fourth-order valence-corrected chi connectivity index (χ4v) is 1.56. The van der Waals surface area contributed by atoms with Crippen molar-refractivity contribution in [2.75, 3.05) is 0 Å². The predicted molar refractivity (Wildman–Crippen MR) is 52.9 cm³/mol. The zero-order valence-electron chi connectivity index (χ0n) is 8.81. The largest absolute Gasteiger partial charge is 0.288 e. The zero-order valence-corrected chi connectivity index (χ0v) is 8.81. The van der Waals surface area contributed by atoms with Gasteiger partial charge in [-0.1, -0.05) is 6.07 Å². The lowest BCUT2D eigenvalue weighted by molar-refractivity contribution is -0.681. The number of nitrogens with zero attached hydrogens (tertiary/aromatic N) is 3. The molecule has 0 fully saturated rings. The van der Waals surface area contributed by atoms with Gasteiger partial charge in [-0.25, -0.2) is 9.13 Å². The SMILES string of the molecule is Cc1n(-c2cccc[n+]2C)cc[n+]1C. The maximum Gasteiger partial charge on any atom is 0.288 e. The molecule has 0 bridgehead atoms. The van der Waals surface area contributed by atoms with Crippen molar-refractivity contribution in [1.82, 2.24) is 4.57 Å². The van der Waals surface area contributed by atoms with Crippen molar-refractivity contribution in [3.63, 3.8) is 0 Å². The minimum Gasteiger partial charge on any atom is -0.237 e. The number of aryl methyl sites for hydroxylation is 2. The molecule has 0 aromatic carbocycles. The van der Waals surface area contributed by atoms with Crippen LogP contribution in [-0.2, 0) is 14.1 Å². The van der Waals surface area contributed by atoms with Gasteiger partial charge in [-0.05, 0) is 6.07 Å². The van der Waals surface area contributed by atoms with E-state index in [1.165, 1.54) is 11.6 Å². The summed E-state index contributed by atoms with van der Waals surface area (Å²) < 4.78 is 6.38. The summed E-state index contributed by atoms with van der Waals surface area (Å²) in [5.41, 5.74) is 0. The molecule has 0 aliphatic heterocycles. The molecule has 72 valence electrons. The molecule has 3 nitrogen and oxygen atoms in total. The number of imidazole rings is 1. The normalized spacial score (nSPS) is 10.5. The molecule has 0 atom stereocenters. The van der Waals surface area contributed by atoms with Gasteiger partial charge >= 0.3 is 0 Å². The third kappa shape index (κ3) is 1.31. The summed E-state index contributed by atoms with van der Waals surface area (Å²) in [7, 11) is 4.10. The zero-order chi connectivity index (χ0) is 10.1. The minimum absolute atomic E-state index is 1.17. The molecule has 0 saturated carbocycles. The summed E-state index contributed by atoms with van der Waals surface area (Å²) in [4.78, 5) is 0. The van der Waals surface area contributed by atoms with Crippen molar-refractivity contribution < 1.29 is 9.13 Å². The van der Waals surface area contributed by atoms with Gasteiger partial charge in [-0.3, -0.25) is 0 Å². The van der Waals surface area contributed by atoms with Crippen molar-refractivity contribution >= 4 is 0 Å². The molecule has 0 unspecified atom stereocenters. The van der Waals surface area contributed by atoms with E-state index in [9.17, 15) is 0 Å². The second-order valence-corrected chi connectivity index (χ2v) is 3.50. The van der Waals surface area contributed by atoms with Crippen LogP contribution in [0.15, 0.2) is 36.8 Å². The van der Waals surface area contributed by atoms with Gasteiger partial charge in [0.1, 0.15) is 12.4 Å². The third-order valence-corrected chi connectivity index (χ3v) is 2.57. The molecule has 0 aliphatic rings. The molecule has 0 amide bonds. The molecule has 2 aromatic rings. The van der Waals surface area contributed by atoms with Crippen LogP contribution in [0.1, 0.15) is 5.82 Å². The van der Waals surface area contributed by atoms with E-state index in [4.69, 9.17) is 0 Å². The molecular formula is C11H15N3+2. The molecule has 2 rings (SSSR count). The van der Waals surface area contributed by atoms with Gasteiger partial charge in [0.2, 0.25) is 0 Å². The Labute approximate surface area is 83.9 Å². The van der Waals surface area contributed by atoms with Gasteiger partial charge < -0.3 is 0 Å². The number of hydrogen-bond acceptors (Lipinski definition) is 0. The molecule has 2 heterocycles. The second-order valence-electron chi connectivity index (χ2n) is 3.50. The number of pyridine rings is 1. The molecule has 0 saturated heterocycles. The maximum absolute atomic E-state index is 2.17. The van der Waals surface area contributed by atoms with Crippen LogP contribution >= 0.6 is 0 Å². The highest BCUT2D eigenvalue weighted by atomic mass is 15.2. The first-order valence-corrected chi connectivity index (χ1v) is 4.69. The van der Waals surface area contributed by atoms with Gasteiger partial charge in [0.25, 0.3) is 11.6 Å². The van der Waals surface area contributed by atoms with E-state index < -0.39 is 0 Å². The Morgan fingerprint density at radius 1 is 1.07 bits per heavy atom. The molecule has 0 aliphatic carbocycles. The fourth-order valence-electron chi connectivity index (χ4n) is 1.56. The summed E-state index contributed by atoms with van der Waals surface area (Å²) in [6.07, 6.45) is 6.18. The lowest BCUT2D eigenvalue weighted by Gasteiger charge is -1.99. The van der Waals surface area contributed by atoms with Crippen LogP contribution in [0, 0.1) is 6.92 Å². The molecular weight excluding hydrogens is 174 g/mol. The first kappa shape index (κ1) is 8.94. The smallest absolute Gasteiger partial charge is 0.237 e.